The van der Waals surface area contributed by atoms with Crippen molar-refractivity contribution in [3.8, 4) is 0 Å². The van der Waals surface area contributed by atoms with Gasteiger partial charge in [-0.05, 0) is 34.6 Å². The number of rotatable bonds is 7. The lowest BCUT2D eigenvalue weighted by atomic mass is 10.2. The zero-order chi connectivity index (χ0) is 15.3. The van der Waals surface area contributed by atoms with Gasteiger partial charge in [-0.1, -0.05) is 11.3 Å². The molecule has 0 spiro atoms. The van der Waals surface area contributed by atoms with E-state index in [1.54, 1.807) is 5.38 Å². The molecule has 1 N–H and O–H groups in total. The third-order valence-electron chi connectivity index (χ3n) is 3.30. The first-order valence-electron chi connectivity index (χ1n) is 7.00. The van der Waals surface area contributed by atoms with Gasteiger partial charge in [-0.25, -0.2) is 0 Å². The smallest absolute Gasteiger partial charge is 0.307 e. The van der Waals surface area contributed by atoms with Crippen molar-refractivity contribution in [2.75, 3.05) is 13.1 Å². The molecule has 114 valence electrons. The summed E-state index contributed by atoms with van der Waals surface area (Å²) in [7, 11) is 0. The molecule has 1 rings (SSSR count). The lowest BCUT2D eigenvalue weighted by molar-refractivity contribution is -0.121. The Bertz CT molecular complexity index is 483. The quantitative estimate of drug-likeness (QED) is 0.829. The molecule has 1 aromatic rings. The largest absolute Gasteiger partial charge is 0.353 e. The number of nitrogens with zero attached hydrogens (tertiary/aromatic N) is 2. The van der Waals surface area contributed by atoms with Gasteiger partial charge < -0.3 is 5.32 Å². The minimum absolute atomic E-state index is 0.0800. The zero-order valence-electron chi connectivity index (χ0n) is 13.0. The Morgan fingerprint density at radius 1 is 1.35 bits per heavy atom. The standard InChI is InChI=1S/C14H25N3O2S/c1-10(2)16(11(3)4)7-6-15-13(18)8-17-12(5)9-20-14(17)19/h9-11H,6-8H2,1-5H3,(H,15,18). The lowest BCUT2D eigenvalue weighted by Crippen LogP contribution is -2.43. The van der Waals surface area contributed by atoms with Gasteiger partial charge in [-0.3, -0.25) is 19.1 Å². The minimum atomic E-state index is -0.110. The highest BCUT2D eigenvalue weighted by atomic mass is 32.1. The first-order valence-corrected chi connectivity index (χ1v) is 7.88. The predicted octanol–water partition coefficient (Wildman–Crippen LogP) is 1.45. The maximum atomic E-state index is 11.9. The Balaban J connectivity index is 2.43. The molecule has 5 nitrogen and oxygen atoms in total. The summed E-state index contributed by atoms with van der Waals surface area (Å²) in [5, 5.41) is 4.65. The predicted molar refractivity (Wildman–Crippen MR) is 83.3 cm³/mol. The van der Waals surface area contributed by atoms with Gasteiger partial charge in [0.05, 0.1) is 0 Å². The molecule has 0 saturated heterocycles. The molecule has 0 fully saturated rings. The van der Waals surface area contributed by atoms with Crippen LogP contribution in [0, 0.1) is 6.92 Å². The normalized spacial score (nSPS) is 11.6. The Labute approximate surface area is 124 Å². The van der Waals surface area contributed by atoms with Crippen LogP contribution in [0.2, 0.25) is 0 Å². The van der Waals surface area contributed by atoms with Crippen molar-refractivity contribution < 1.29 is 4.79 Å². The van der Waals surface area contributed by atoms with Crippen LogP contribution in [0.4, 0.5) is 0 Å². The van der Waals surface area contributed by atoms with Crippen LogP contribution in [0.1, 0.15) is 33.4 Å². The summed E-state index contributed by atoms with van der Waals surface area (Å²) in [4.78, 5) is 25.6. The van der Waals surface area contributed by atoms with E-state index in [4.69, 9.17) is 0 Å². The van der Waals surface area contributed by atoms with Crippen LogP contribution in [-0.4, -0.2) is 40.5 Å². The number of amides is 1. The van der Waals surface area contributed by atoms with Crippen molar-refractivity contribution >= 4 is 17.2 Å². The Morgan fingerprint density at radius 3 is 2.40 bits per heavy atom. The van der Waals surface area contributed by atoms with Crippen molar-refractivity contribution in [1.29, 1.82) is 0 Å². The second kappa shape index (κ2) is 7.59. The minimum Gasteiger partial charge on any atom is -0.353 e. The number of hydrogen-bond donors (Lipinski definition) is 1. The van der Waals surface area contributed by atoms with E-state index in [1.165, 1.54) is 4.57 Å². The summed E-state index contributed by atoms with van der Waals surface area (Å²) < 4.78 is 1.50. The number of nitrogens with one attached hydrogen (secondary N) is 1. The van der Waals surface area contributed by atoms with Gasteiger partial charge in [0.2, 0.25) is 5.91 Å². The van der Waals surface area contributed by atoms with Crippen molar-refractivity contribution in [2.45, 2.75) is 53.2 Å². The van der Waals surface area contributed by atoms with E-state index < -0.39 is 0 Å². The number of aromatic nitrogens is 1. The molecule has 0 bridgehead atoms. The Morgan fingerprint density at radius 2 is 1.95 bits per heavy atom. The van der Waals surface area contributed by atoms with E-state index in [0.29, 0.717) is 18.6 Å². The van der Waals surface area contributed by atoms with Gasteiger partial charge in [-0.15, -0.1) is 0 Å². The van der Waals surface area contributed by atoms with E-state index in [9.17, 15) is 9.59 Å². The second-order valence-corrected chi connectivity index (χ2v) is 6.33. The van der Waals surface area contributed by atoms with E-state index in [1.807, 2.05) is 6.92 Å². The first-order chi connectivity index (χ1) is 9.32. The number of thiazole rings is 1. The van der Waals surface area contributed by atoms with Crippen molar-refractivity contribution in [2.24, 2.45) is 0 Å². The molecule has 6 heteroatoms. The third kappa shape index (κ3) is 4.76. The lowest BCUT2D eigenvalue weighted by Gasteiger charge is -2.30. The second-order valence-electron chi connectivity index (χ2n) is 5.50. The average Bonchev–Trinajstić information content (AvgIpc) is 2.65. The molecular formula is C14H25N3O2S. The van der Waals surface area contributed by atoms with E-state index in [0.717, 1.165) is 23.6 Å². The molecule has 20 heavy (non-hydrogen) atoms. The highest BCUT2D eigenvalue weighted by Gasteiger charge is 2.13. The fraction of sp³-hybridized carbons (Fsp3) is 0.714. The molecule has 0 atom stereocenters. The molecule has 0 saturated carbocycles. The molecule has 0 aromatic carbocycles. The SMILES string of the molecule is Cc1csc(=O)n1CC(=O)NCCN(C(C)C)C(C)C. The molecule has 0 aliphatic heterocycles. The highest BCUT2D eigenvalue weighted by molar-refractivity contribution is 7.07. The Kier molecular flexibility index (Phi) is 6.42. The topological polar surface area (TPSA) is 54.3 Å². The first kappa shape index (κ1) is 16.9. The maximum Gasteiger partial charge on any atom is 0.307 e. The Hall–Kier alpha value is -1.14. The van der Waals surface area contributed by atoms with Crippen LogP contribution < -0.4 is 10.2 Å². The molecule has 0 radical (unpaired) electrons. The van der Waals surface area contributed by atoms with E-state index >= 15 is 0 Å². The van der Waals surface area contributed by atoms with Gasteiger partial charge in [0, 0.05) is 36.2 Å². The molecule has 0 aliphatic carbocycles. The molecular weight excluding hydrogens is 274 g/mol. The van der Waals surface area contributed by atoms with Crippen LogP contribution in [0.15, 0.2) is 10.2 Å². The van der Waals surface area contributed by atoms with Crippen LogP contribution in [0.3, 0.4) is 0 Å². The van der Waals surface area contributed by atoms with Crippen LogP contribution in [-0.2, 0) is 11.3 Å². The summed E-state index contributed by atoms with van der Waals surface area (Å²) in [5.41, 5.74) is 0.834. The molecule has 0 aliphatic rings. The summed E-state index contributed by atoms with van der Waals surface area (Å²) in [6.07, 6.45) is 0. The van der Waals surface area contributed by atoms with Gasteiger partial charge in [-0.2, -0.15) is 0 Å². The van der Waals surface area contributed by atoms with Crippen LogP contribution >= 0.6 is 11.3 Å². The summed E-state index contributed by atoms with van der Waals surface area (Å²) in [6.45, 7) is 12.0. The maximum absolute atomic E-state index is 11.9. The third-order valence-corrected chi connectivity index (χ3v) is 4.18. The van der Waals surface area contributed by atoms with Crippen LogP contribution in [0.5, 0.6) is 0 Å². The number of carbonyl (C=O) groups excluding carboxylic acids is 1. The summed E-state index contributed by atoms with van der Waals surface area (Å²) in [5.74, 6) is -0.110. The number of aryl methyl sites for hydroxylation is 1. The molecule has 1 heterocycles. The fourth-order valence-corrected chi connectivity index (χ4v) is 2.97. The molecule has 1 aromatic heterocycles. The van der Waals surface area contributed by atoms with Gasteiger partial charge in [0.25, 0.3) is 0 Å². The summed E-state index contributed by atoms with van der Waals surface area (Å²) >= 11 is 1.13. The van der Waals surface area contributed by atoms with E-state index in [2.05, 4.69) is 37.9 Å². The monoisotopic (exact) mass is 299 g/mol. The van der Waals surface area contributed by atoms with Crippen molar-refractivity contribution in [3.05, 3.63) is 20.7 Å². The highest BCUT2D eigenvalue weighted by Crippen LogP contribution is 2.03. The van der Waals surface area contributed by atoms with Crippen molar-refractivity contribution in [3.63, 3.8) is 0 Å². The van der Waals surface area contributed by atoms with Crippen molar-refractivity contribution in [1.82, 2.24) is 14.8 Å². The number of hydrogen-bond acceptors (Lipinski definition) is 4. The van der Waals surface area contributed by atoms with Gasteiger partial charge in [0.1, 0.15) is 6.54 Å². The molecule has 0 unspecified atom stereocenters. The van der Waals surface area contributed by atoms with Gasteiger partial charge in [0.15, 0.2) is 0 Å². The van der Waals surface area contributed by atoms with E-state index in [-0.39, 0.29) is 17.3 Å². The molecule has 1 amide bonds. The van der Waals surface area contributed by atoms with Crippen LogP contribution in [0.25, 0.3) is 0 Å². The average molecular weight is 299 g/mol. The fourth-order valence-electron chi connectivity index (χ4n) is 2.23. The zero-order valence-corrected chi connectivity index (χ0v) is 13.8. The summed E-state index contributed by atoms with van der Waals surface area (Å²) in [6, 6.07) is 0.905. The van der Waals surface area contributed by atoms with Gasteiger partial charge >= 0.3 is 4.87 Å². The number of carbonyl (C=O) groups is 1.